The van der Waals surface area contributed by atoms with Crippen LogP contribution in [0.5, 0.6) is 0 Å². The average molecular weight is 291 g/mol. The van der Waals surface area contributed by atoms with Crippen molar-refractivity contribution in [3.63, 3.8) is 0 Å². The van der Waals surface area contributed by atoms with Crippen LogP contribution in [-0.4, -0.2) is 23.5 Å². The monoisotopic (exact) mass is 291 g/mol. The van der Waals surface area contributed by atoms with Crippen LogP contribution in [0.15, 0.2) is 18.2 Å². The second-order valence-corrected chi connectivity index (χ2v) is 5.52. The second kappa shape index (κ2) is 8.45. The highest BCUT2D eigenvalue weighted by Crippen LogP contribution is 2.16. The Labute approximate surface area is 126 Å². The number of hydrogen-bond acceptors (Lipinski definition) is 2. The van der Waals surface area contributed by atoms with E-state index >= 15 is 0 Å². The summed E-state index contributed by atoms with van der Waals surface area (Å²) in [4.78, 5) is 22.8. The van der Waals surface area contributed by atoms with Crippen LogP contribution in [0.3, 0.4) is 0 Å². The molecule has 0 saturated carbocycles. The first kappa shape index (κ1) is 17.2. The van der Waals surface area contributed by atoms with E-state index in [2.05, 4.69) is 12.2 Å². The number of aliphatic carboxylic acids is 1. The summed E-state index contributed by atoms with van der Waals surface area (Å²) < 4.78 is 0. The van der Waals surface area contributed by atoms with Gasteiger partial charge in [-0.15, -0.1) is 0 Å². The van der Waals surface area contributed by atoms with E-state index in [1.165, 1.54) is 0 Å². The van der Waals surface area contributed by atoms with E-state index in [0.29, 0.717) is 18.9 Å². The van der Waals surface area contributed by atoms with Gasteiger partial charge in [-0.2, -0.15) is 0 Å². The van der Waals surface area contributed by atoms with E-state index in [1.54, 1.807) is 0 Å². The van der Waals surface area contributed by atoms with Crippen molar-refractivity contribution in [1.29, 1.82) is 0 Å². The minimum atomic E-state index is -0.756. The van der Waals surface area contributed by atoms with E-state index in [0.717, 1.165) is 29.5 Å². The standard InChI is InChI=1S/C17H25NO3/c1-4-14(8-9-15(19)20)10-11-18-17(21)16-12(2)6-5-7-13(16)3/h5-7,14H,4,8-11H2,1-3H3,(H,18,21)(H,19,20). The quantitative estimate of drug-likeness (QED) is 0.772. The summed E-state index contributed by atoms with van der Waals surface area (Å²) in [6, 6.07) is 5.81. The smallest absolute Gasteiger partial charge is 0.303 e. The van der Waals surface area contributed by atoms with Crippen molar-refractivity contribution in [2.45, 2.75) is 46.5 Å². The molecule has 4 heteroatoms. The number of hydrogen-bond donors (Lipinski definition) is 2. The molecule has 0 fully saturated rings. The number of benzene rings is 1. The molecule has 1 rings (SSSR count). The Hall–Kier alpha value is -1.84. The molecular formula is C17H25NO3. The number of carbonyl (C=O) groups is 2. The number of rotatable bonds is 8. The van der Waals surface area contributed by atoms with E-state index < -0.39 is 5.97 Å². The minimum Gasteiger partial charge on any atom is -0.481 e. The fraction of sp³-hybridized carbons (Fsp3) is 0.529. The van der Waals surface area contributed by atoms with E-state index in [9.17, 15) is 9.59 Å². The largest absolute Gasteiger partial charge is 0.481 e. The van der Waals surface area contributed by atoms with Gasteiger partial charge < -0.3 is 10.4 Å². The number of amides is 1. The molecular weight excluding hydrogens is 266 g/mol. The molecule has 0 heterocycles. The zero-order valence-electron chi connectivity index (χ0n) is 13.1. The van der Waals surface area contributed by atoms with Gasteiger partial charge in [0.25, 0.3) is 5.91 Å². The second-order valence-electron chi connectivity index (χ2n) is 5.52. The third kappa shape index (κ3) is 5.58. The molecule has 0 saturated heterocycles. The first-order chi connectivity index (χ1) is 9.95. The maximum absolute atomic E-state index is 12.2. The normalized spacial score (nSPS) is 12.0. The van der Waals surface area contributed by atoms with Crippen LogP contribution in [0.25, 0.3) is 0 Å². The molecule has 0 aliphatic rings. The summed E-state index contributed by atoms with van der Waals surface area (Å²) >= 11 is 0. The molecule has 116 valence electrons. The van der Waals surface area contributed by atoms with Gasteiger partial charge in [0.2, 0.25) is 0 Å². The lowest BCUT2D eigenvalue weighted by Gasteiger charge is -2.15. The Morgan fingerprint density at radius 1 is 1.19 bits per heavy atom. The number of carbonyl (C=O) groups excluding carboxylic acids is 1. The molecule has 0 aliphatic heterocycles. The maximum atomic E-state index is 12.2. The molecule has 0 radical (unpaired) electrons. The molecule has 21 heavy (non-hydrogen) atoms. The first-order valence-corrected chi connectivity index (χ1v) is 7.51. The third-order valence-corrected chi connectivity index (χ3v) is 3.89. The van der Waals surface area contributed by atoms with Crippen molar-refractivity contribution < 1.29 is 14.7 Å². The molecule has 0 bridgehead atoms. The molecule has 1 aromatic carbocycles. The number of nitrogens with one attached hydrogen (secondary N) is 1. The summed E-state index contributed by atoms with van der Waals surface area (Å²) in [7, 11) is 0. The van der Waals surface area contributed by atoms with Gasteiger partial charge in [-0.25, -0.2) is 0 Å². The van der Waals surface area contributed by atoms with Crippen LogP contribution in [0.4, 0.5) is 0 Å². The molecule has 4 nitrogen and oxygen atoms in total. The topological polar surface area (TPSA) is 66.4 Å². The van der Waals surface area contributed by atoms with E-state index in [-0.39, 0.29) is 12.3 Å². The molecule has 0 aromatic heterocycles. The highest BCUT2D eigenvalue weighted by atomic mass is 16.4. The summed E-state index contributed by atoms with van der Waals surface area (Å²) in [6.07, 6.45) is 2.63. The zero-order chi connectivity index (χ0) is 15.8. The SMILES string of the molecule is CCC(CCNC(=O)c1c(C)cccc1C)CCC(=O)O. The fourth-order valence-electron chi connectivity index (χ4n) is 2.53. The molecule has 1 aromatic rings. The van der Waals surface area contributed by atoms with Gasteiger partial charge in [-0.3, -0.25) is 9.59 Å². The van der Waals surface area contributed by atoms with Crippen LogP contribution >= 0.6 is 0 Å². The summed E-state index contributed by atoms with van der Waals surface area (Å²) in [5.41, 5.74) is 2.70. The van der Waals surface area contributed by atoms with E-state index in [1.807, 2.05) is 32.0 Å². The summed E-state index contributed by atoms with van der Waals surface area (Å²) in [5.74, 6) is -0.453. The Bertz CT molecular complexity index is 477. The maximum Gasteiger partial charge on any atom is 0.303 e. The van der Waals surface area contributed by atoms with Crippen LogP contribution in [0.1, 0.15) is 54.1 Å². The number of carboxylic acids is 1. The third-order valence-electron chi connectivity index (χ3n) is 3.89. The molecule has 0 spiro atoms. The van der Waals surface area contributed by atoms with Gasteiger partial charge in [0, 0.05) is 18.5 Å². The highest BCUT2D eigenvalue weighted by Gasteiger charge is 2.13. The zero-order valence-corrected chi connectivity index (χ0v) is 13.1. The highest BCUT2D eigenvalue weighted by molar-refractivity contribution is 5.97. The summed E-state index contributed by atoms with van der Waals surface area (Å²) in [6.45, 7) is 6.51. The fourth-order valence-corrected chi connectivity index (χ4v) is 2.53. The van der Waals surface area contributed by atoms with Crippen LogP contribution in [0, 0.1) is 19.8 Å². The number of aryl methyl sites for hydroxylation is 2. The predicted octanol–water partition coefficient (Wildman–Crippen LogP) is 3.31. The minimum absolute atomic E-state index is 0.0429. The lowest BCUT2D eigenvalue weighted by Crippen LogP contribution is -2.27. The molecule has 1 unspecified atom stereocenters. The van der Waals surface area contributed by atoms with Gasteiger partial charge in [-0.1, -0.05) is 31.5 Å². The van der Waals surface area contributed by atoms with Crippen molar-refractivity contribution in [3.8, 4) is 0 Å². The molecule has 2 N–H and O–H groups in total. The van der Waals surface area contributed by atoms with Crippen LogP contribution in [0.2, 0.25) is 0 Å². The average Bonchev–Trinajstić information content (AvgIpc) is 2.42. The van der Waals surface area contributed by atoms with Crippen molar-refractivity contribution in [1.82, 2.24) is 5.32 Å². The van der Waals surface area contributed by atoms with Gasteiger partial charge >= 0.3 is 5.97 Å². The van der Waals surface area contributed by atoms with Gasteiger partial charge in [-0.05, 0) is 43.7 Å². The Morgan fingerprint density at radius 2 is 1.81 bits per heavy atom. The number of carboxylic acid groups (broad SMARTS) is 1. The molecule has 1 atom stereocenters. The van der Waals surface area contributed by atoms with Gasteiger partial charge in [0.15, 0.2) is 0 Å². The van der Waals surface area contributed by atoms with Crippen LogP contribution < -0.4 is 5.32 Å². The van der Waals surface area contributed by atoms with Crippen molar-refractivity contribution in [3.05, 3.63) is 34.9 Å². The van der Waals surface area contributed by atoms with Crippen molar-refractivity contribution >= 4 is 11.9 Å². The first-order valence-electron chi connectivity index (χ1n) is 7.51. The van der Waals surface area contributed by atoms with Gasteiger partial charge in [0.1, 0.15) is 0 Å². The van der Waals surface area contributed by atoms with Crippen molar-refractivity contribution in [2.75, 3.05) is 6.54 Å². The van der Waals surface area contributed by atoms with Crippen LogP contribution in [-0.2, 0) is 4.79 Å². The predicted molar refractivity (Wildman–Crippen MR) is 83.5 cm³/mol. The lowest BCUT2D eigenvalue weighted by atomic mass is 9.96. The van der Waals surface area contributed by atoms with Crippen molar-refractivity contribution in [2.24, 2.45) is 5.92 Å². The Kier molecular flexibility index (Phi) is 6.92. The van der Waals surface area contributed by atoms with Gasteiger partial charge in [0.05, 0.1) is 0 Å². The Morgan fingerprint density at radius 3 is 2.33 bits per heavy atom. The van der Waals surface area contributed by atoms with E-state index in [4.69, 9.17) is 5.11 Å². The summed E-state index contributed by atoms with van der Waals surface area (Å²) in [5, 5.41) is 11.7. The molecule has 1 amide bonds. The molecule has 0 aliphatic carbocycles. The Balaban J connectivity index is 2.47. The lowest BCUT2D eigenvalue weighted by molar-refractivity contribution is -0.137.